The molecule has 0 radical (unpaired) electrons. The molecule has 4 nitrogen and oxygen atoms in total. The molecule has 0 saturated carbocycles. The van der Waals surface area contributed by atoms with Gasteiger partial charge in [-0.25, -0.2) is 0 Å². The third-order valence-electron chi connectivity index (χ3n) is 4.35. The highest BCUT2D eigenvalue weighted by molar-refractivity contribution is 6.30. The van der Waals surface area contributed by atoms with Crippen LogP contribution >= 0.6 is 11.6 Å². The smallest absolute Gasteiger partial charge is 0.222 e. The summed E-state index contributed by atoms with van der Waals surface area (Å²) in [6, 6.07) is 7.31. The number of benzene rings is 1. The Morgan fingerprint density at radius 1 is 1.17 bits per heavy atom. The summed E-state index contributed by atoms with van der Waals surface area (Å²) in [5.74, 6) is 0.825. The Balaban J connectivity index is 1.76. The Morgan fingerprint density at radius 3 is 2.35 bits per heavy atom. The summed E-state index contributed by atoms with van der Waals surface area (Å²) in [6.45, 7) is 8.02. The molecule has 1 aromatic carbocycles. The predicted molar refractivity (Wildman–Crippen MR) is 93.5 cm³/mol. The average Bonchev–Trinajstić information content (AvgIpc) is 2.54. The predicted octanol–water partition coefficient (Wildman–Crippen LogP) is 2.95. The minimum atomic E-state index is -0.518. The maximum absolute atomic E-state index is 12.1. The van der Waals surface area contributed by atoms with E-state index in [4.69, 9.17) is 11.6 Å². The fraction of sp³-hybridized carbons (Fsp3) is 0.611. The fourth-order valence-corrected chi connectivity index (χ4v) is 2.91. The van der Waals surface area contributed by atoms with Crippen LogP contribution in [0.3, 0.4) is 0 Å². The summed E-state index contributed by atoms with van der Waals surface area (Å²) < 4.78 is 0. The lowest BCUT2D eigenvalue weighted by Crippen LogP contribution is -2.49. The van der Waals surface area contributed by atoms with Gasteiger partial charge in [0.1, 0.15) is 0 Å². The second-order valence-corrected chi connectivity index (χ2v) is 7.12. The lowest BCUT2D eigenvalue weighted by Gasteiger charge is -2.35. The van der Waals surface area contributed by atoms with Crippen molar-refractivity contribution in [2.45, 2.75) is 32.8 Å². The molecule has 1 saturated heterocycles. The molecule has 1 N–H and O–H groups in total. The molecule has 2 rings (SSSR count). The molecule has 1 aromatic rings. The Labute approximate surface area is 144 Å². The lowest BCUT2D eigenvalue weighted by molar-refractivity contribution is -0.133. The number of rotatable bonds is 6. The van der Waals surface area contributed by atoms with Crippen LogP contribution in [0, 0.1) is 5.92 Å². The molecule has 0 spiro atoms. The molecule has 0 bridgehead atoms. The highest BCUT2D eigenvalue weighted by Gasteiger charge is 2.22. The standard InChI is InChI=1S/C18H27ClN2O2/c1-14(2)3-8-18(23)21-11-9-20(10-12-21)13-17(22)15-4-6-16(19)7-5-15/h4-7,14,17,22H,3,8-13H2,1-2H3. The van der Waals surface area contributed by atoms with Gasteiger partial charge in [-0.1, -0.05) is 37.6 Å². The van der Waals surface area contributed by atoms with Crippen molar-refractivity contribution >= 4 is 17.5 Å². The third-order valence-corrected chi connectivity index (χ3v) is 4.60. The number of β-amino-alcohol motifs (C(OH)–C–C–N with tert-alkyl or cyclic N) is 1. The van der Waals surface area contributed by atoms with Gasteiger partial charge in [-0.3, -0.25) is 9.69 Å². The number of aliphatic hydroxyl groups is 1. The number of carbonyl (C=O) groups excluding carboxylic acids is 1. The molecular formula is C18H27ClN2O2. The van der Waals surface area contributed by atoms with E-state index in [2.05, 4.69) is 18.7 Å². The van der Waals surface area contributed by atoms with E-state index in [1.807, 2.05) is 17.0 Å². The molecule has 1 aliphatic rings. The number of aliphatic hydroxyl groups excluding tert-OH is 1. The van der Waals surface area contributed by atoms with E-state index in [1.54, 1.807) is 12.1 Å². The highest BCUT2D eigenvalue weighted by atomic mass is 35.5. The zero-order chi connectivity index (χ0) is 16.8. The van der Waals surface area contributed by atoms with Crippen molar-refractivity contribution in [2.75, 3.05) is 32.7 Å². The molecule has 1 amide bonds. The van der Waals surface area contributed by atoms with Crippen molar-refractivity contribution in [3.8, 4) is 0 Å². The van der Waals surface area contributed by atoms with E-state index < -0.39 is 6.10 Å². The van der Waals surface area contributed by atoms with Gasteiger partial charge in [0.2, 0.25) is 5.91 Å². The molecule has 128 valence electrons. The molecule has 1 fully saturated rings. The molecule has 1 atom stereocenters. The van der Waals surface area contributed by atoms with E-state index in [1.165, 1.54) is 0 Å². The minimum absolute atomic E-state index is 0.261. The summed E-state index contributed by atoms with van der Waals surface area (Å²) in [6.07, 6.45) is 1.08. The van der Waals surface area contributed by atoms with Gasteiger partial charge >= 0.3 is 0 Å². The van der Waals surface area contributed by atoms with Gasteiger partial charge < -0.3 is 10.0 Å². The van der Waals surface area contributed by atoms with Crippen LogP contribution in [0.5, 0.6) is 0 Å². The number of hydrogen-bond acceptors (Lipinski definition) is 3. The second kappa shape index (κ2) is 8.67. The SMILES string of the molecule is CC(C)CCC(=O)N1CCN(CC(O)c2ccc(Cl)cc2)CC1. The van der Waals surface area contributed by atoms with Crippen molar-refractivity contribution in [1.82, 2.24) is 9.80 Å². The van der Waals surface area contributed by atoms with Gasteiger partial charge in [-0.05, 0) is 30.0 Å². The van der Waals surface area contributed by atoms with Gasteiger partial charge in [0, 0.05) is 44.2 Å². The summed E-state index contributed by atoms with van der Waals surface area (Å²) in [7, 11) is 0. The molecule has 5 heteroatoms. The molecule has 1 aliphatic heterocycles. The number of amides is 1. The maximum Gasteiger partial charge on any atom is 0.222 e. The van der Waals surface area contributed by atoms with Crippen molar-refractivity contribution in [3.63, 3.8) is 0 Å². The van der Waals surface area contributed by atoms with Crippen LogP contribution in [-0.4, -0.2) is 53.5 Å². The Morgan fingerprint density at radius 2 is 1.78 bits per heavy atom. The fourth-order valence-electron chi connectivity index (χ4n) is 2.79. The zero-order valence-electron chi connectivity index (χ0n) is 14.0. The first-order valence-corrected chi connectivity index (χ1v) is 8.77. The summed E-state index contributed by atoms with van der Waals surface area (Å²) in [5, 5.41) is 11.0. The van der Waals surface area contributed by atoms with Gasteiger partial charge in [-0.15, -0.1) is 0 Å². The molecule has 1 heterocycles. The van der Waals surface area contributed by atoms with Crippen LogP contribution in [-0.2, 0) is 4.79 Å². The lowest BCUT2D eigenvalue weighted by atomic mass is 10.1. The van der Waals surface area contributed by atoms with Crippen LogP contribution in [0.4, 0.5) is 0 Å². The molecule has 1 unspecified atom stereocenters. The zero-order valence-corrected chi connectivity index (χ0v) is 14.8. The van der Waals surface area contributed by atoms with Crippen LogP contribution < -0.4 is 0 Å². The third kappa shape index (κ3) is 5.79. The summed E-state index contributed by atoms with van der Waals surface area (Å²) in [5.41, 5.74) is 0.879. The van der Waals surface area contributed by atoms with Crippen LogP contribution in [0.1, 0.15) is 38.4 Å². The Hall–Kier alpha value is -1.10. The number of nitrogens with zero attached hydrogens (tertiary/aromatic N) is 2. The Kier molecular flexibility index (Phi) is 6.88. The van der Waals surface area contributed by atoms with E-state index in [-0.39, 0.29) is 5.91 Å². The number of piperazine rings is 1. The molecular weight excluding hydrogens is 312 g/mol. The maximum atomic E-state index is 12.1. The molecule has 0 aromatic heterocycles. The van der Waals surface area contributed by atoms with E-state index in [0.29, 0.717) is 23.9 Å². The number of carbonyl (C=O) groups is 1. The second-order valence-electron chi connectivity index (χ2n) is 6.68. The normalized spacial score (nSPS) is 17.5. The van der Waals surface area contributed by atoms with Gasteiger partial charge in [0.15, 0.2) is 0 Å². The first-order chi connectivity index (χ1) is 11.0. The largest absolute Gasteiger partial charge is 0.387 e. The molecule has 0 aliphatic carbocycles. The van der Waals surface area contributed by atoms with E-state index in [9.17, 15) is 9.90 Å². The van der Waals surface area contributed by atoms with Crippen LogP contribution in [0.2, 0.25) is 5.02 Å². The van der Waals surface area contributed by atoms with Gasteiger partial charge in [0.05, 0.1) is 6.10 Å². The molecule has 23 heavy (non-hydrogen) atoms. The van der Waals surface area contributed by atoms with E-state index in [0.717, 1.165) is 38.2 Å². The Bertz CT molecular complexity index is 496. The van der Waals surface area contributed by atoms with Crippen LogP contribution in [0.25, 0.3) is 0 Å². The van der Waals surface area contributed by atoms with Gasteiger partial charge in [-0.2, -0.15) is 0 Å². The first kappa shape index (κ1) is 18.2. The van der Waals surface area contributed by atoms with E-state index >= 15 is 0 Å². The minimum Gasteiger partial charge on any atom is -0.387 e. The highest BCUT2D eigenvalue weighted by Crippen LogP contribution is 2.18. The van der Waals surface area contributed by atoms with Gasteiger partial charge in [0.25, 0.3) is 0 Å². The van der Waals surface area contributed by atoms with Crippen molar-refractivity contribution in [2.24, 2.45) is 5.92 Å². The van der Waals surface area contributed by atoms with Crippen molar-refractivity contribution in [3.05, 3.63) is 34.9 Å². The number of halogens is 1. The monoisotopic (exact) mass is 338 g/mol. The summed E-state index contributed by atoms with van der Waals surface area (Å²) >= 11 is 5.87. The van der Waals surface area contributed by atoms with Crippen LogP contribution in [0.15, 0.2) is 24.3 Å². The topological polar surface area (TPSA) is 43.8 Å². The van der Waals surface area contributed by atoms with Crippen molar-refractivity contribution < 1.29 is 9.90 Å². The number of hydrogen-bond donors (Lipinski definition) is 1. The quantitative estimate of drug-likeness (QED) is 0.867. The van der Waals surface area contributed by atoms with Crippen molar-refractivity contribution in [1.29, 1.82) is 0 Å². The first-order valence-electron chi connectivity index (χ1n) is 8.39. The average molecular weight is 339 g/mol. The summed E-state index contributed by atoms with van der Waals surface area (Å²) in [4.78, 5) is 16.3.